The molecule has 222 valence electrons. The number of Topliss-reactive ketones (excluding diaryl/α,β-unsaturated/α-hetero) is 1. The van der Waals surface area contributed by atoms with Crippen LogP contribution in [-0.2, 0) is 14.4 Å². The van der Waals surface area contributed by atoms with E-state index in [1.807, 2.05) is 0 Å². The molecule has 1 saturated heterocycles. The van der Waals surface area contributed by atoms with Crippen molar-refractivity contribution in [3.05, 3.63) is 70.8 Å². The normalized spacial score (nSPS) is 16.9. The molecule has 0 aromatic heterocycles. The van der Waals surface area contributed by atoms with Gasteiger partial charge in [-0.2, -0.15) is 5.01 Å². The van der Waals surface area contributed by atoms with Crippen molar-refractivity contribution in [1.29, 1.82) is 10.8 Å². The minimum atomic E-state index is -1.85. The van der Waals surface area contributed by atoms with Crippen LogP contribution in [0.15, 0.2) is 48.5 Å². The number of nitrogen functional groups attached to an aromatic ring is 2. The molecule has 3 rings (SSSR count). The number of hydrogen-bond donors (Lipinski definition) is 7. The van der Waals surface area contributed by atoms with E-state index in [0.29, 0.717) is 23.1 Å². The molecule has 9 N–H and O–H groups in total. The second-order valence-electron chi connectivity index (χ2n) is 9.82. The van der Waals surface area contributed by atoms with Crippen molar-refractivity contribution >= 4 is 41.1 Å². The predicted octanol–water partition coefficient (Wildman–Crippen LogP) is 0.0564. The number of carbonyl (C=O) groups is 5. The van der Waals surface area contributed by atoms with Crippen LogP contribution in [0.2, 0.25) is 0 Å². The molecule has 0 aliphatic carbocycles. The third-order valence-electron chi connectivity index (χ3n) is 7.01. The number of nitrogens with one attached hydrogen (secondary N) is 4. The average Bonchev–Trinajstić information content (AvgIpc) is 2.95. The number of carbonyl (C=O) groups excluding carboxylic acids is 4. The quantitative estimate of drug-likeness (QED) is 0.0735. The van der Waals surface area contributed by atoms with Crippen molar-refractivity contribution in [2.45, 2.75) is 31.7 Å². The van der Waals surface area contributed by atoms with E-state index in [1.165, 1.54) is 36.2 Å². The smallest absolute Gasteiger partial charge is 0.323 e. The molecule has 1 aliphatic rings. The number of benzene rings is 2. The maximum absolute atomic E-state index is 13.6. The van der Waals surface area contributed by atoms with Crippen molar-refractivity contribution < 1.29 is 29.1 Å². The van der Waals surface area contributed by atoms with E-state index in [0.717, 1.165) is 4.90 Å². The first kappa shape index (κ1) is 31.4. The second-order valence-corrected chi connectivity index (χ2v) is 9.82. The summed E-state index contributed by atoms with van der Waals surface area (Å²) in [5, 5.41) is 28.3. The fraction of sp³-hybridized carbons (Fsp3) is 0.321. The number of nitrogens with two attached hydrogens (primary N) is 2. The van der Waals surface area contributed by atoms with Crippen LogP contribution in [0.3, 0.4) is 0 Å². The summed E-state index contributed by atoms with van der Waals surface area (Å²) >= 11 is 0. The summed E-state index contributed by atoms with van der Waals surface area (Å²) in [5.41, 5.74) is 13.2. The Morgan fingerprint density at radius 2 is 1.36 bits per heavy atom. The number of ketones is 1. The Morgan fingerprint density at radius 1 is 0.857 bits per heavy atom. The van der Waals surface area contributed by atoms with Crippen LogP contribution in [0.1, 0.15) is 58.0 Å². The van der Waals surface area contributed by atoms with Gasteiger partial charge in [0.2, 0.25) is 0 Å². The molecular weight excluding hydrogens is 544 g/mol. The maximum Gasteiger partial charge on any atom is 0.323 e. The number of carboxylic acid groups (broad SMARTS) is 1. The third-order valence-corrected chi connectivity index (χ3v) is 7.01. The van der Waals surface area contributed by atoms with Gasteiger partial charge in [0.15, 0.2) is 11.3 Å². The van der Waals surface area contributed by atoms with Crippen LogP contribution in [0.4, 0.5) is 0 Å². The third kappa shape index (κ3) is 7.14. The minimum Gasteiger partial charge on any atom is -0.480 e. The molecule has 0 spiro atoms. The standard InChI is InChI=1S/C28H34N8O6/c1-17(37)28(12-2-3-13-33-25(40)20-8-4-18(5-9-20)23(29)30)27(42)35(16-22(38)39)14-15-36(28)34-26(41)21-10-6-19(7-11-21)24(31)32/h4-11H,2-3,12-16H2,1H3,(H3,29,30)(H3,31,32)(H,33,40)(H,34,41)(H,38,39)/t28-/m0/s1. The minimum absolute atomic E-state index is 0.00284. The lowest BCUT2D eigenvalue weighted by molar-refractivity contribution is -0.165. The molecule has 0 saturated carbocycles. The molecule has 14 nitrogen and oxygen atoms in total. The Labute approximate surface area is 242 Å². The van der Waals surface area contributed by atoms with Gasteiger partial charge in [-0.1, -0.05) is 24.3 Å². The number of hydrogen-bond acceptors (Lipinski definition) is 8. The van der Waals surface area contributed by atoms with Crippen molar-refractivity contribution in [1.82, 2.24) is 20.7 Å². The van der Waals surface area contributed by atoms with Gasteiger partial charge >= 0.3 is 5.97 Å². The summed E-state index contributed by atoms with van der Waals surface area (Å²) in [5.74, 6) is -3.76. The summed E-state index contributed by atoms with van der Waals surface area (Å²) in [7, 11) is 0. The van der Waals surface area contributed by atoms with Gasteiger partial charge in [-0.3, -0.25) is 40.2 Å². The predicted molar refractivity (Wildman–Crippen MR) is 153 cm³/mol. The molecule has 0 radical (unpaired) electrons. The fourth-order valence-corrected chi connectivity index (χ4v) is 4.71. The van der Waals surface area contributed by atoms with Crippen LogP contribution in [-0.4, -0.2) is 87.9 Å². The summed E-state index contributed by atoms with van der Waals surface area (Å²) in [6.45, 7) is 0.824. The molecule has 1 heterocycles. The Balaban J connectivity index is 1.73. The van der Waals surface area contributed by atoms with E-state index in [2.05, 4.69) is 10.7 Å². The number of carboxylic acids is 1. The molecule has 1 fully saturated rings. The van der Waals surface area contributed by atoms with Gasteiger partial charge in [-0.25, -0.2) is 0 Å². The number of nitrogens with zero attached hydrogens (tertiary/aromatic N) is 2. The fourth-order valence-electron chi connectivity index (χ4n) is 4.71. The Morgan fingerprint density at radius 3 is 1.83 bits per heavy atom. The molecule has 2 aromatic rings. The highest BCUT2D eigenvalue weighted by Crippen LogP contribution is 2.29. The van der Waals surface area contributed by atoms with Crippen LogP contribution >= 0.6 is 0 Å². The van der Waals surface area contributed by atoms with Crippen molar-refractivity contribution in [2.75, 3.05) is 26.2 Å². The number of amidine groups is 2. The van der Waals surface area contributed by atoms with E-state index in [-0.39, 0.29) is 55.6 Å². The Kier molecular flexibility index (Phi) is 10.1. The highest BCUT2D eigenvalue weighted by molar-refractivity contribution is 6.11. The van der Waals surface area contributed by atoms with Crippen LogP contribution in [0.5, 0.6) is 0 Å². The van der Waals surface area contributed by atoms with Gasteiger partial charge < -0.3 is 26.8 Å². The van der Waals surface area contributed by atoms with Crippen LogP contribution in [0.25, 0.3) is 0 Å². The van der Waals surface area contributed by atoms with Crippen molar-refractivity contribution in [3.63, 3.8) is 0 Å². The van der Waals surface area contributed by atoms with Gasteiger partial charge in [0.25, 0.3) is 17.7 Å². The van der Waals surface area contributed by atoms with E-state index < -0.39 is 35.7 Å². The highest BCUT2D eigenvalue weighted by atomic mass is 16.4. The lowest BCUT2D eigenvalue weighted by Gasteiger charge is -2.47. The first-order valence-corrected chi connectivity index (χ1v) is 13.1. The first-order valence-electron chi connectivity index (χ1n) is 13.1. The molecule has 14 heteroatoms. The number of unbranched alkanes of at least 4 members (excludes halogenated alkanes) is 1. The summed E-state index contributed by atoms with van der Waals surface area (Å²) in [4.78, 5) is 64.8. The number of hydrazine groups is 1. The SMILES string of the molecule is CC(=O)[C@@]1(CCCCNC(=O)c2ccc(C(=N)N)cc2)C(=O)N(CC(=O)O)CCN1NC(=O)c1ccc(C(=N)N)cc1. The highest BCUT2D eigenvalue weighted by Gasteiger charge is 2.53. The van der Waals surface area contributed by atoms with Crippen LogP contribution < -0.4 is 22.2 Å². The maximum atomic E-state index is 13.6. The molecule has 0 bridgehead atoms. The number of piperazine rings is 1. The summed E-state index contributed by atoms with van der Waals surface area (Å²) in [6.07, 6.45) is 0.631. The van der Waals surface area contributed by atoms with Crippen molar-refractivity contribution in [2.24, 2.45) is 11.5 Å². The van der Waals surface area contributed by atoms with Crippen LogP contribution in [0, 0.1) is 10.8 Å². The zero-order valence-electron chi connectivity index (χ0n) is 23.1. The molecule has 42 heavy (non-hydrogen) atoms. The van der Waals surface area contributed by atoms with E-state index in [9.17, 15) is 29.1 Å². The average molecular weight is 579 g/mol. The second kappa shape index (κ2) is 13.5. The molecule has 3 amide bonds. The lowest BCUT2D eigenvalue weighted by atomic mass is 9.84. The van der Waals surface area contributed by atoms with Gasteiger partial charge in [-0.05, 0) is 50.5 Å². The topological polar surface area (TPSA) is 236 Å². The lowest BCUT2D eigenvalue weighted by Crippen LogP contribution is -2.73. The van der Waals surface area contributed by atoms with E-state index in [4.69, 9.17) is 22.3 Å². The van der Waals surface area contributed by atoms with E-state index in [1.54, 1.807) is 24.3 Å². The number of rotatable bonds is 13. The van der Waals surface area contributed by atoms with Crippen molar-refractivity contribution in [3.8, 4) is 0 Å². The summed E-state index contributed by atoms with van der Waals surface area (Å²) < 4.78 is 0. The largest absolute Gasteiger partial charge is 0.480 e. The summed E-state index contributed by atoms with van der Waals surface area (Å²) in [6, 6.07) is 12.1. The Hall–Kier alpha value is -5.11. The monoisotopic (exact) mass is 578 g/mol. The number of amides is 3. The van der Waals surface area contributed by atoms with E-state index >= 15 is 0 Å². The zero-order chi connectivity index (χ0) is 31.0. The molecule has 1 atom stereocenters. The molecule has 0 unspecified atom stereocenters. The van der Waals surface area contributed by atoms with Gasteiger partial charge in [0.05, 0.1) is 0 Å². The zero-order valence-corrected chi connectivity index (χ0v) is 23.1. The Bertz CT molecular complexity index is 1390. The van der Waals surface area contributed by atoms with Gasteiger partial charge in [0.1, 0.15) is 18.2 Å². The van der Waals surface area contributed by atoms with Gasteiger partial charge in [0, 0.05) is 41.9 Å². The van der Waals surface area contributed by atoms with Gasteiger partial charge in [-0.15, -0.1) is 0 Å². The molecule has 2 aromatic carbocycles. The molecular formula is C28H34N8O6. The molecule has 1 aliphatic heterocycles. The number of aliphatic carboxylic acids is 1. The first-order chi connectivity index (χ1) is 19.9.